The molecule has 3 heteroatoms. The van der Waals surface area contributed by atoms with Gasteiger partial charge in [0.05, 0.1) is 5.41 Å². The number of hydrogen-bond donors (Lipinski definition) is 0. The van der Waals surface area contributed by atoms with Crippen molar-refractivity contribution in [1.29, 1.82) is 0 Å². The maximum atomic E-state index is 12.1. The summed E-state index contributed by atoms with van der Waals surface area (Å²) in [6.45, 7) is 3.95. The van der Waals surface area contributed by atoms with E-state index >= 15 is 0 Å². The number of likely N-dealkylation sites (N-methyl/N-ethyl adjacent to an activating group) is 1. The van der Waals surface area contributed by atoms with Gasteiger partial charge >= 0.3 is 0 Å². The molecule has 1 aromatic rings. The summed E-state index contributed by atoms with van der Waals surface area (Å²) in [5, 5.41) is 0. The van der Waals surface area contributed by atoms with E-state index in [0.29, 0.717) is 5.88 Å². The van der Waals surface area contributed by atoms with Gasteiger partial charge in [0.1, 0.15) is 0 Å². The molecule has 0 radical (unpaired) electrons. The van der Waals surface area contributed by atoms with Crippen LogP contribution in [0, 0.1) is 0 Å². The second-order valence-corrected chi connectivity index (χ2v) is 5.16. The lowest BCUT2D eigenvalue weighted by Crippen LogP contribution is -2.33. The summed E-state index contributed by atoms with van der Waals surface area (Å²) in [6.07, 6.45) is 0.850. The van der Waals surface area contributed by atoms with E-state index in [1.165, 1.54) is 5.56 Å². The zero-order valence-corrected chi connectivity index (χ0v) is 10.6. The number of rotatable bonds is 2. The van der Waals surface area contributed by atoms with Crippen LogP contribution in [0.25, 0.3) is 0 Å². The number of anilines is 1. The normalized spacial score (nSPS) is 17.8. The van der Waals surface area contributed by atoms with Crippen molar-refractivity contribution < 1.29 is 4.79 Å². The maximum absolute atomic E-state index is 12.1. The Hall–Kier alpha value is -1.02. The molecule has 1 aliphatic rings. The van der Waals surface area contributed by atoms with Crippen molar-refractivity contribution >= 4 is 23.2 Å². The van der Waals surface area contributed by atoms with Crippen molar-refractivity contribution in [1.82, 2.24) is 0 Å². The Bertz CT molecular complexity index is 440. The van der Waals surface area contributed by atoms with Gasteiger partial charge in [-0.25, -0.2) is 0 Å². The zero-order chi connectivity index (χ0) is 11.9. The van der Waals surface area contributed by atoms with Crippen molar-refractivity contribution in [3.8, 4) is 0 Å². The van der Waals surface area contributed by atoms with E-state index < -0.39 is 5.41 Å². The summed E-state index contributed by atoms with van der Waals surface area (Å²) in [5.41, 5.74) is 2.92. The molecule has 0 atom stereocenters. The fourth-order valence-electron chi connectivity index (χ4n) is 2.28. The Morgan fingerprint density at radius 3 is 2.69 bits per heavy atom. The van der Waals surface area contributed by atoms with E-state index in [0.717, 1.165) is 17.7 Å². The largest absolute Gasteiger partial charge is 0.314 e. The Morgan fingerprint density at radius 2 is 2.06 bits per heavy atom. The fourth-order valence-corrected chi connectivity index (χ4v) is 2.50. The third-order valence-corrected chi connectivity index (χ3v) is 3.51. The smallest absolute Gasteiger partial charge is 0.236 e. The van der Waals surface area contributed by atoms with Crippen LogP contribution in [0.15, 0.2) is 18.2 Å². The Balaban J connectivity index is 2.52. The van der Waals surface area contributed by atoms with Gasteiger partial charge in [-0.3, -0.25) is 4.79 Å². The molecule has 0 fully saturated rings. The van der Waals surface area contributed by atoms with E-state index in [4.69, 9.17) is 11.6 Å². The summed E-state index contributed by atoms with van der Waals surface area (Å²) < 4.78 is 0. The monoisotopic (exact) mass is 237 g/mol. The second-order valence-electron chi connectivity index (χ2n) is 4.78. The van der Waals surface area contributed by atoms with Crippen LogP contribution < -0.4 is 4.90 Å². The molecule has 1 heterocycles. The maximum Gasteiger partial charge on any atom is 0.236 e. The topological polar surface area (TPSA) is 20.3 Å². The van der Waals surface area contributed by atoms with Crippen LogP contribution in [0.4, 0.5) is 5.69 Å². The van der Waals surface area contributed by atoms with Crippen molar-refractivity contribution in [2.45, 2.75) is 25.7 Å². The van der Waals surface area contributed by atoms with Gasteiger partial charge in [-0.1, -0.05) is 12.1 Å². The molecule has 0 aliphatic carbocycles. The highest BCUT2D eigenvalue weighted by Gasteiger charge is 2.41. The van der Waals surface area contributed by atoms with Gasteiger partial charge in [0.2, 0.25) is 5.91 Å². The SMILES string of the molecule is CN1C(=O)C(C)(C)c2cc(CCCl)ccc21. The molecule has 16 heavy (non-hydrogen) atoms. The van der Waals surface area contributed by atoms with Crippen LogP contribution in [0.5, 0.6) is 0 Å². The minimum atomic E-state index is -0.410. The van der Waals surface area contributed by atoms with Crippen LogP contribution in [-0.2, 0) is 16.6 Å². The first kappa shape index (κ1) is 11.5. The number of aryl methyl sites for hydroxylation is 1. The van der Waals surface area contributed by atoms with Crippen LogP contribution in [0.3, 0.4) is 0 Å². The van der Waals surface area contributed by atoms with Gasteiger partial charge in [-0.05, 0) is 37.5 Å². The van der Waals surface area contributed by atoms with Gasteiger partial charge in [0.25, 0.3) is 0 Å². The lowest BCUT2D eigenvalue weighted by atomic mass is 9.85. The minimum absolute atomic E-state index is 0.158. The number of carbonyl (C=O) groups is 1. The van der Waals surface area contributed by atoms with Crippen LogP contribution in [-0.4, -0.2) is 18.8 Å². The lowest BCUT2D eigenvalue weighted by Gasteiger charge is -2.16. The molecule has 1 aromatic carbocycles. The first-order valence-electron chi connectivity index (χ1n) is 5.46. The van der Waals surface area contributed by atoms with Crippen LogP contribution in [0.1, 0.15) is 25.0 Å². The molecule has 0 aromatic heterocycles. The van der Waals surface area contributed by atoms with Crippen molar-refractivity contribution in [2.24, 2.45) is 0 Å². The summed E-state index contributed by atoms with van der Waals surface area (Å²) in [5.74, 6) is 0.772. The molecule has 0 saturated carbocycles. The molecule has 1 amide bonds. The highest BCUT2D eigenvalue weighted by atomic mass is 35.5. The molecular weight excluding hydrogens is 222 g/mol. The van der Waals surface area contributed by atoms with E-state index in [-0.39, 0.29) is 5.91 Å². The molecule has 0 bridgehead atoms. The first-order valence-corrected chi connectivity index (χ1v) is 5.99. The fraction of sp³-hybridized carbons (Fsp3) is 0.462. The number of carbonyl (C=O) groups excluding carboxylic acids is 1. The summed E-state index contributed by atoms with van der Waals surface area (Å²) >= 11 is 5.74. The van der Waals surface area contributed by atoms with E-state index in [2.05, 4.69) is 6.07 Å². The van der Waals surface area contributed by atoms with Gasteiger partial charge < -0.3 is 4.90 Å². The lowest BCUT2D eigenvalue weighted by molar-refractivity contribution is -0.121. The molecule has 0 spiro atoms. The zero-order valence-electron chi connectivity index (χ0n) is 9.88. The molecule has 1 aliphatic heterocycles. The average Bonchev–Trinajstić information content (AvgIpc) is 2.42. The highest BCUT2D eigenvalue weighted by Crippen LogP contribution is 2.41. The molecule has 86 valence electrons. The molecule has 0 unspecified atom stereocenters. The van der Waals surface area contributed by atoms with E-state index in [1.54, 1.807) is 4.90 Å². The van der Waals surface area contributed by atoms with Gasteiger partial charge in [-0.2, -0.15) is 0 Å². The third kappa shape index (κ3) is 1.52. The standard InChI is InChI=1S/C13H16ClNO/c1-13(2)10-8-9(6-7-14)4-5-11(10)15(3)12(13)16/h4-5,8H,6-7H2,1-3H3. The number of benzene rings is 1. The third-order valence-electron chi connectivity index (χ3n) is 3.32. The Kier molecular flexibility index (Phi) is 2.70. The quantitative estimate of drug-likeness (QED) is 0.725. The van der Waals surface area contributed by atoms with E-state index in [9.17, 15) is 4.79 Å². The number of nitrogens with zero attached hydrogens (tertiary/aromatic N) is 1. The van der Waals surface area contributed by atoms with Crippen LogP contribution in [0.2, 0.25) is 0 Å². The summed E-state index contributed by atoms with van der Waals surface area (Å²) in [7, 11) is 1.83. The summed E-state index contributed by atoms with van der Waals surface area (Å²) in [6, 6.07) is 6.18. The number of halogens is 1. The number of amides is 1. The van der Waals surface area contributed by atoms with Crippen LogP contribution >= 0.6 is 11.6 Å². The molecule has 0 N–H and O–H groups in total. The Morgan fingerprint density at radius 1 is 1.38 bits per heavy atom. The number of fused-ring (bicyclic) bond motifs is 1. The van der Waals surface area contributed by atoms with Crippen molar-refractivity contribution in [3.05, 3.63) is 29.3 Å². The van der Waals surface area contributed by atoms with Crippen molar-refractivity contribution in [3.63, 3.8) is 0 Å². The summed E-state index contributed by atoms with van der Waals surface area (Å²) in [4.78, 5) is 13.8. The second kappa shape index (κ2) is 3.77. The number of hydrogen-bond acceptors (Lipinski definition) is 1. The molecular formula is C13H16ClNO. The first-order chi connectivity index (χ1) is 7.48. The number of alkyl halides is 1. The molecule has 2 nitrogen and oxygen atoms in total. The van der Waals surface area contributed by atoms with Gasteiger partial charge in [0.15, 0.2) is 0 Å². The molecule has 2 rings (SSSR count). The van der Waals surface area contributed by atoms with Gasteiger partial charge in [-0.15, -0.1) is 11.6 Å². The molecule has 0 saturated heterocycles. The van der Waals surface area contributed by atoms with Crippen molar-refractivity contribution in [2.75, 3.05) is 17.8 Å². The predicted molar refractivity (Wildman–Crippen MR) is 67.3 cm³/mol. The van der Waals surface area contributed by atoms with E-state index in [1.807, 2.05) is 33.0 Å². The van der Waals surface area contributed by atoms with Gasteiger partial charge in [0, 0.05) is 18.6 Å². The Labute approximate surface area is 101 Å². The minimum Gasteiger partial charge on any atom is -0.314 e. The highest BCUT2D eigenvalue weighted by molar-refractivity contribution is 6.18. The predicted octanol–water partition coefficient (Wildman–Crippen LogP) is 2.72. The average molecular weight is 238 g/mol.